The maximum absolute atomic E-state index is 14.5. The molecule has 3 aliphatic heterocycles. The Balaban J connectivity index is 1.73. The van der Waals surface area contributed by atoms with E-state index in [9.17, 15) is 14.4 Å². The molecule has 3 heterocycles. The van der Waals surface area contributed by atoms with Crippen LogP contribution in [0, 0.1) is 17.8 Å². The number of esters is 1. The first-order valence-corrected chi connectivity index (χ1v) is 14.6. The minimum absolute atomic E-state index is 0.0335. The van der Waals surface area contributed by atoms with Gasteiger partial charge in [-0.1, -0.05) is 25.8 Å². The molecule has 0 aliphatic carbocycles. The number of rotatable bonds is 13. The number of ether oxygens (including phenoxy) is 2. The zero-order valence-corrected chi connectivity index (χ0v) is 23.5. The van der Waals surface area contributed by atoms with Crippen molar-refractivity contribution in [3.05, 3.63) is 36.9 Å². The number of thioether (sulfide) groups is 1. The first-order chi connectivity index (χ1) is 18.3. The third-order valence-electron chi connectivity index (χ3n) is 8.31. The molecular weight excluding hydrogens is 504 g/mol. The van der Waals surface area contributed by atoms with Crippen LogP contribution in [0.5, 0.6) is 5.75 Å². The number of hydrogen-bond donors (Lipinski definition) is 1. The monoisotopic (exact) mass is 544 g/mol. The molecule has 2 amide bonds. The van der Waals surface area contributed by atoms with Crippen molar-refractivity contribution in [1.29, 1.82) is 0 Å². The Morgan fingerprint density at radius 3 is 2.58 bits per heavy atom. The van der Waals surface area contributed by atoms with E-state index in [2.05, 4.69) is 13.5 Å². The SMILES string of the molecule is C=CCN(C(=O)C1N(CCCCCCO)C(=O)[C@@H]2[C@@H](C(=O)OCC)[C@H]3CC(C)C12S3)c1ccc(OC)cc1. The molecule has 3 fully saturated rings. The van der Waals surface area contributed by atoms with E-state index in [-0.39, 0.29) is 42.2 Å². The van der Waals surface area contributed by atoms with E-state index < -0.39 is 22.6 Å². The highest BCUT2D eigenvalue weighted by molar-refractivity contribution is 8.02. The second kappa shape index (κ2) is 12.1. The van der Waals surface area contributed by atoms with Crippen LogP contribution in [0.3, 0.4) is 0 Å². The molecule has 1 spiro atoms. The van der Waals surface area contributed by atoms with Gasteiger partial charge in [-0.3, -0.25) is 14.4 Å². The van der Waals surface area contributed by atoms with Crippen LogP contribution in [-0.2, 0) is 19.1 Å². The second-order valence-corrected chi connectivity index (χ2v) is 12.0. The number of carbonyl (C=O) groups is 3. The molecule has 38 heavy (non-hydrogen) atoms. The Morgan fingerprint density at radius 1 is 1.24 bits per heavy atom. The molecule has 3 aliphatic rings. The molecule has 1 aromatic rings. The van der Waals surface area contributed by atoms with Crippen LogP contribution in [0.4, 0.5) is 5.69 Å². The summed E-state index contributed by atoms with van der Waals surface area (Å²) < 4.78 is 10.0. The molecule has 3 saturated heterocycles. The predicted molar refractivity (Wildman–Crippen MR) is 148 cm³/mol. The number of fused-ring (bicyclic) bond motifs is 1. The molecule has 2 bridgehead atoms. The van der Waals surface area contributed by atoms with Crippen molar-refractivity contribution >= 4 is 35.2 Å². The van der Waals surface area contributed by atoms with Gasteiger partial charge in [0.15, 0.2) is 0 Å². The molecule has 1 N–H and O–H groups in total. The summed E-state index contributed by atoms with van der Waals surface area (Å²) in [6.45, 7) is 8.91. The van der Waals surface area contributed by atoms with Crippen molar-refractivity contribution in [3.63, 3.8) is 0 Å². The van der Waals surface area contributed by atoms with Crippen molar-refractivity contribution in [2.75, 3.05) is 38.3 Å². The fourth-order valence-corrected chi connectivity index (χ4v) is 9.06. The van der Waals surface area contributed by atoms with Crippen molar-refractivity contribution in [2.24, 2.45) is 17.8 Å². The van der Waals surface area contributed by atoms with Gasteiger partial charge in [0.25, 0.3) is 5.91 Å². The molecule has 3 unspecified atom stereocenters. The normalized spacial score (nSPS) is 29.3. The number of carbonyl (C=O) groups excluding carboxylic acids is 3. The van der Waals surface area contributed by atoms with Gasteiger partial charge in [0, 0.05) is 30.6 Å². The predicted octanol–water partition coefficient (Wildman–Crippen LogP) is 3.67. The van der Waals surface area contributed by atoms with Gasteiger partial charge in [-0.05, 0) is 56.4 Å². The molecule has 4 rings (SSSR count). The van der Waals surface area contributed by atoms with E-state index in [1.165, 1.54) is 0 Å². The van der Waals surface area contributed by atoms with Gasteiger partial charge in [-0.25, -0.2) is 0 Å². The largest absolute Gasteiger partial charge is 0.497 e. The second-order valence-electron chi connectivity index (χ2n) is 10.4. The molecule has 9 heteroatoms. The van der Waals surface area contributed by atoms with Crippen molar-refractivity contribution in [1.82, 2.24) is 4.90 Å². The average Bonchev–Trinajstić information content (AvgIpc) is 3.50. The van der Waals surface area contributed by atoms with Gasteiger partial charge in [-0.15, -0.1) is 18.3 Å². The standard InChI is InChI=1S/C29H40N2O6S/c1-5-15-30(20-11-13-21(36-4)14-12-20)27(34)25-29-19(3)18-22(38-29)23(28(35)37-6-2)24(29)26(33)31(25)16-9-7-8-10-17-32/h5,11-14,19,22-25,32H,1,6-10,15-18H2,2-4H3/t19?,22-,23+,24+,25?,29?/m1/s1. The number of aliphatic hydroxyl groups excluding tert-OH is 1. The number of amides is 2. The lowest BCUT2D eigenvalue weighted by atomic mass is 9.66. The quantitative estimate of drug-likeness (QED) is 0.230. The lowest BCUT2D eigenvalue weighted by molar-refractivity contribution is -0.154. The molecule has 8 nitrogen and oxygen atoms in total. The first kappa shape index (κ1) is 28.5. The minimum atomic E-state index is -0.690. The fraction of sp³-hybridized carbons (Fsp3) is 0.621. The maximum Gasteiger partial charge on any atom is 0.310 e. The number of aliphatic hydroxyl groups is 1. The summed E-state index contributed by atoms with van der Waals surface area (Å²) >= 11 is 1.66. The smallest absolute Gasteiger partial charge is 0.310 e. The first-order valence-electron chi connectivity index (χ1n) is 13.7. The van der Waals surface area contributed by atoms with E-state index in [1.807, 2.05) is 24.3 Å². The summed E-state index contributed by atoms with van der Waals surface area (Å²) in [6.07, 6.45) is 5.62. The van der Waals surface area contributed by atoms with E-state index in [0.29, 0.717) is 30.9 Å². The molecule has 0 radical (unpaired) electrons. The van der Waals surface area contributed by atoms with Crippen molar-refractivity contribution < 1.29 is 29.0 Å². The Labute approximate surface area is 229 Å². The van der Waals surface area contributed by atoms with Gasteiger partial charge in [-0.2, -0.15) is 0 Å². The molecule has 1 aromatic carbocycles. The number of hydrogen-bond acceptors (Lipinski definition) is 7. The van der Waals surface area contributed by atoms with E-state index >= 15 is 0 Å². The molecule has 208 valence electrons. The van der Waals surface area contributed by atoms with Crippen LogP contribution in [-0.4, -0.2) is 77.2 Å². The Bertz CT molecular complexity index is 1030. The highest BCUT2D eigenvalue weighted by atomic mass is 32.2. The summed E-state index contributed by atoms with van der Waals surface area (Å²) in [5.41, 5.74) is 0.707. The fourth-order valence-electron chi connectivity index (χ4n) is 6.66. The van der Waals surface area contributed by atoms with Crippen LogP contribution in [0.15, 0.2) is 36.9 Å². The van der Waals surface area contributed by atoms with E-state index in [0.717, 1.165) is 25.7 Å². The van der Waals surface area contributed by atoms with Gasteiger partial charge >= 0.3 is 5.97 Å². The Hall–Kier alpha value is -2.52. The van der Waals surface area contributed by atoms with Gasteiger partial charge in [0.1, 0.15) is 11.8 Å². The van der Waals surface area contributed by atoms with Crippen molar-refractivity contribution in [2.45, 2.75) is 62.0 Å². The number of likely N-dealkylation sites (tertiary alicyclic amines) is 1. The number of benzene rings is 1. The van der Waals surface area contributed by atoms with Gasteiger partial charge in [0.2, 0.25) is 5.91 Å². The van der Waals surface area contributed by atoms with Crippen molar-refractivity contribution in [3.8, 4) is 5.75 Å². The highest BCUT2D eigenvalue weighted by Crippen LogP contribution is 2.68. The Morgan fingerprint density at radius 2 is 1.95 bits per heavy atom. The van der Waals surface area contributed by atoms with E-state index in [4.69, 9.17) is 14.6 Å². The van der Waals surface area contributed by atoms with E-state index in [1.54, 1.807) is 41.7 Å². The molecule has 6 atom stereocenters. The summed E-state index contributed by atoms with van der Waals surface area (Å²) in [4.78, 5) is 45.2. The zero-order valence-electron chi connectivity index (χ0n) is 22.6. The summed E-state index contributed by atoms with van der Waals surface area (Å²) in [7, 11) is 1.60. The topological polar surface area (TPSA) is 96.4 Å². The summed E-state index contributed by atoms with van der Waals surface area (Å²) in [5.74, 6) is -0.919. The molecule has 0 saturated carbocycles. The minimum Gasteiger partial charge on any atom is -0.497 e. The lowest BCUT2D eigenvalue weighted by Gasteiger charge is -2.40. The number of nitrogens with zero attached hydrogens (tertiary/aromatic N) is 2. The van der Waals surface area contributed by atoms with Gasteiger partial charge in [0.05, 0.1) is 30.3 Å². The third-order valence-corrected chi connectivity index (χ3v) is 10.4. The van der Waals surface area contributed by atoms with Crippen LogP contribution >= 0.6 is 11.8 Å². The summed E-state index contributed by atoms with van der Waals surface area (Å²) in [6, 6.07) is 6.62. The maximum atomic E-state index is 14.5. The van der Waals surface area contributed by atoms with Crippen LogP contribution in [0.2, 0.25) is 0 Å². The number of anilines is 1. The highest BCUT2D eigenvalue weighted by Gasteiger charge is 2.76. The molecular formula is C29H40N2O6S. The lowest BCUT2D eigenvalue weighted by Crippen LogP contribution is -2.57. The average molecular weight is 545 g/mol. The molecule has 0 aromatic heterocycles. The van der Waals surface area contributed by atoms with Crippen LogP contribution in [0.1, 0.15) is 46.0 Å². The number of unbranched alkanes of at least 4 members (excludes halogenated alkanes) is 3. The van der Waals surface area contributed by atoms with Crippen LogP contribution < -0.4 is 9.64 Å². The van der Waals surface area contributed by atoms with Gasteiger partial charge < -0.3 is 24.4 Å². The Kier molecular flexibility index (Phi) is 9.08. The number of methoxy groups -OCH3 is 1. The zero-order chi connectivity index (χ0) is 27.4. The third kappa shape index (κ3) is 4.83. The van der Waals surface area contributed by atoms with Crippen LogP contribution in [0.25, 0.3) is 0 Å². The summed E-state index contributed by atoms with van der Waals surface area (Å²) in [5, 5.41) is 9.11.